The molecule has 0 heterocycles. The molecule has 0 bridgehead atoms. The molecule has 1 N–H and O–H groups in total. The predicted molar refractivity (Wildman–Crippen MR) is 48.7 cm³/mol. The second-order valence-corrected chi connectivity index (χ2v) is 1.71. The van der Waals surface area contributed by atoms with Gasteiger partial charge in [0.05, 0.1) is 0 Å². The van der Waals surface area contributed by atoms with Crippen molar-refractivity contribution >= 4 is 5.71 Å². The highest BCUT2D eigenvalue weighted by Crippen LogP contribution is 1.92. The van der Waals surface area contributed by atoms with Crippen LogP contribution in [0, 0.1) is 5.41 Å². The van der Waals surface area contributed by atoms with Gasteiger partial charge in [-0.15, -0.1) is 0 Å². The van der Waals surface area contributed by atoms with E-state index >= 15 is 0 Å². The summed E-state index contributed by atoms with van der Waals surface area (Å²) >= 11 is 0. The number of hydrogen-bond donors (Lipinski definition) is 1. The minimum Gasteiger partial charge on any atom is -0.305 e. The molecular formula is C9H17N. The Kier molecular flexibility index (Phi) is 9.69. The van der Waals surface area contributed by atoms with Gasteiger partial charge in [0.1, 0.15) is 0 Å². The van der Waals surface area contributed by atoms with E-state index in [1.165, 1.54) is 0 Å². The van der Waals surface area contributed by atoms with Gasteiger partial charge in [-0.1, -0.05) is 32.6 Å². The molecule has 0 aromatic heterocycles. The first-order valence-corrected chi connectivity index (χ1v) is 3.53. The van der Waals surface area contributed by atoms with Crippen LogP contribution < -0.4 is 0 Å². The van der Waals surface area contributed by atoms with Gasteiger partial charge >= 0.3 is 0 Å². The monoisotopic (exact) mass is 139 g/mol. The van der Waals surface area contributed by atoms with Crippen molar-refractivity contribution in [1.82, 2.24) is 0 Å². The lowest BCUT2D eigenvalue weighted by Gasteiger charge is -1.90. The van der Waals surface area contributed by atoms with Gasteiger partial charge in [0, 0.05) is 5.71 Å². The quantitative estimate of drug-likeness (QED) is 0.449. The number of allylic oxidation sites excluding steroid dienone is 3. The van der Waals surface area contributed by atoms with E-state index < -0.39 is 0 Å². The van der Waals surface area contributed by atoms with Gasteiger partial charge in [0.25, 0.3) is 0 Å². The summed E-state index contributed by atoms with van der Waals surface area (Å²) in [6.07, 6.45) is 3.51. The fourth-order valence-corrected chi connectivity index (χ4v) is 0.302. The van der Waals surface area contributed by atoms with E-state index in [1.54, 1.807) is 13.0 Å². The number of nitrogens with one attached hydrogen (secondary N) is 1. The molecule has 0 saturated heterocycles. The van der Waals surface area contributed by atoms with E-state index in [0.717, 1.165) is 5.57 Å². The molecule has 10 heavy (non-hydrogen) atoms. The Bertz CT molecular complexity index is 132. The fraction of sp³-hybridized carbons (Fsp3) is 0.444. The molecule has 0 atom stereocenters. The van der Waals surface area contributed by atoms with Crippen molar-refractivity contribution in [2.45, 2.75) is 27.7 Å². The molecule has 58 valence electrons. The van der Waals surface area contributed by atoms with Gasteiger partial charge in [-0.3, -0.25) is 0 Å². The van der Waals surface area contributed by atoms with Crippen LogP contribution in [0.1, 0.15) is 27.7 Å². The third-order valence-corrected chi connectivity index (χ3v) is 0.959. The van der Waals surface area contributed by atoms with Crippen molar-refractivity contribution in [3.05, 3.63) is 24.3 Å². The summed E-state index contributed by atoms with van der Waals surface area (Å²) in [5.41, 5.74) is 1.57. The summed E-state index contributed by atoms with van der Waals surface area (Å²) < 4.78 is 0. The molecule has 0 aliphatic heterocycles. The van der Waals surface area contributed by atoms with E-state index in [2.05, 4.69) is 6.58 Å². The highest BCUT2D eigenvalue weighted by molar-refractivity contribution is 5.95. The standard InChI is InChI=1S/C7H11N.C2H6/c1-4-5-6(2)7(3)8;1-2/h4-5,8H,1H2,2-3H3;1-2H3/b6-5-,8-7?;. The molecule has 0 saturated carbocycles. The van der Waals surface area contributed by atoms with Crippen molar-refractivity contribution in [1.29, 1.82) is 5.41 Å². The topological polar surface area (TPSA) is 23.9 Å². The van der Waals surface area contributed by atoms with Crippen LogP contribution in [-0.2, 0) is 0 Å². The van der Waals surface area contributed by atoms with Gasteiger partial charge in [-0.2, -0.15) is 0 Å². The Hall–Kier alpha value is -0.850. The van der Waals surface area contributed by atoms with Crippen molar-refractivity contribution < 1.29 is 0 Å². The van der Waals surface area contributed by atoms with Crippen molar-refractivity contribution in [2.75, 3.05) is 0 Å². The molecule has 0 fully saturated rings. The molecule has 0 radical (unpaired) electrons. The van der Waals surface area contributed by atoms with Crippen LogP contribution in [0.15, 0.2) is 24.3 Å². The maximum Gasteiger partial charge on any atom is 0.0312 e. The van der Waals surface area contributed by atoms with E-state index in [4.69, 9.17) is 5.41 Å². The minimum absolute atomic E-state index is 0.602. The first-order chi connectivity index (χ1) is 4.68. The highest BCUT2D eigenvalue weighted by atomic mass is 14.4. The third-order valence-electron chi connectivity index (χ3n) is 0.959. The largest absolute Gasteiger partial charge is 0.305 e. The predicted octanol–water partition coefficient (Wildman–Crippen LogP) is 3.18. The molecule has 0 aliphatic rings. The molecule has 0 unspecified atom stereocenters. The maximum atomic E-state index is 7.09. The van der Waals surface area contributed by atoms with E-state index in [-0.39, 0.29) is 0 Å². The zero-order chi connectivity index (χ0) is 8.57. The zero-order valence-corrected chi connectivity index (χ0v) is 7.36. The average Bonchev–Trinajstić information content (AvgIpc) is 1.93. The summed E-state index contributed by atoms with van der Waals surface area (Å²) in [5.74, 6) is 0. The molecular weight excluding hydrogens is 122 g/mol. The fourth-order valence-electron chi connectivity index (χ4n) is 0.302. The van der Waals surface area contributed by atoms with Gasteiger partial charge in [0.2, 0.25) is 0 Å². The third kappa shape index (κ3) is 7.15. The second kappa shape index (κ2) is 8.15. The molecule has 1 nitrogen and oxygen atoms in total. The van der Waals surface area contributed by atoms with Crippen LogP contribution in [-0.4, -0.2) is 5.71 Å². The second-order valence-electron chi connectivity index (χ2n) is 1.71. The first kappa shape index (κ1) is 11.9. The first-order valence-electron chi connectivity index (χ1n) is 3.53. The Morgan fingerprint density at radius 2 is 1.70 bits per heavy atom. The summed E-state index contributed by atoms with van der Waals surface area (Å²) in [7, 11) is 0. The van der Waals surface area contributed by atoms with E-state index in [0.29, 0.717) is 5.71 Å². The lowest BCUT2D eigenvalue weighted by Crippen LogP contribution is -1.87. The van der Waals surface area contributed by atoms with Gasteiger partial charge in [-0.05, 0) is 19.4 Å². The maximum absolute atomic E-state index is 7.09. The Labute approximate surface area is 64.0 Å². The molecule has 0 aromatic rings. The highest BCUT2D eigenvalue weighted by Gasteiger charge is 1.85. The Morgan fingerprint density at radius 1 is 1.30 bits per heavy atom. The number of hydrogen-bond acceptors (Lipinski definition) is 1. The lowest BCUT2D eigenvalue weighted by molar-refractivity contribution is 1.42. The molecule has 1 heteroatoms. The van der Waals surface area contributed by atoms with Crippen molar-refractivity contribution in [3.63, 3.8) is 0 Å². The molecule has 0 rings (SSSR count). The smallest absolute Gasteiger partial charge is 0.0312 e. The zero-order valence-electron chi connectivity index (χ0n) is 7.36. The van der Waals surface area contributed by atoms with Crippen LogP contribution in [0.5, 0.6) is 0 Å². The van der Waals surface area contributed by atoms with E-state index in [9.17, 15) is 0 Å². The van der Waals surface area contributed by atoms with Gasteiger partial charge in [-0.25, -0.2) is 0 Å². The summed E-state index contributed by atoms with van der Waals surface area (Å²) in [6.45, 7) is 11.2. The average molecular weight is 139 g/mol. The van der Waals surface area contributed by atoms with Crippen LogP contribution in [0.2, 0.25) is 0 Å². The van der Waals surface area contributed by atoms with Crippen LogP contribution in [0.3, 0.4) is 0 Å². The van der Waals surface area contributed by atoms with Crippen molar-refractivity contribution in [2.24, 2.45) is 0 Å². The summed E-state index contributed by atoms with van der Waals surface area (Å²) in [6, 6.07) is 0. The number of rotatable bonds is 2. The Balaban J connectivity index is 0. The lowest BCUT2D eigenvalue weighted by atomic mass is 10.2. The molecule has 0 amide bonds. The molecule has 0 aliphatic carbocycles. The van der Waals surface area contributed by atoms with Crippen LogP contribution in [0.4, 0.5) is 0 Å². The molecule has 0 aromatic carbocycles. The van der Waals surface area contributed by atoms with Gasteiger partial charge < -0.3 is 5.41 Å². The minimum atomic E-state index is 0.602. The molecule has 0 spiro atoms. The summed E-state index contributed by atoms with van der Waals surface area (Å²) in [5, 5.41) is 7.09. The van der Waals surface area contributed by atoms with Crippen LogP contribution in [0.25, 0.3) is 0 Å². The van der Waals surface area contributed by atoms with Crippen molar-refractivity contribution in [3.8, 4) is 0 Å². The SMILES string of the molecule is C=C/C=C(/C)C(C)=N.CC. The van der Waals surface area contributed by atoms with Crippen LogP contribution >= 0.6 is 0 Å². The summed E-state index contributed by atoms with van der Waals surface area (Å²) in [4.78, 5) is 0. The van der Waals surface area contributed by atoms with Gasteiger partial charge in [0.15, 0.2) is 0 Å². The normalized spacial score (nSPS) is 9.40. The Morgan fingerprint density at radius 3 is 1.80 bits per heavy atom. The van der Waals surface area contributed by atoms with E-state index in [1.807, 2.05) is 26.8 Å².